The summed E-state index contributed by atoms with van der Waals surface area (Å²) in [5.74, 6) is 1.83. The van der Waals surface area contributed by atoms with Gasteiger partial charge in [0.25, 0.3) is 23.6 Å². The van der Waals surface area contributed by atoms with Crippen LogP contribution >= 0.6 is 41.7 Å². The maximum Gasteiger partial charge on any atom is 0.643 e. The van der Waals surface area contributed by atoms with Crippen LogP contribution in [-0.2, 0) is 120 Å². The average molecular weight is 2020 g/mol. The number of nitrogens with one attached hydrogen (secondary N) is 8. The van der Waals surface area contributed by atoms with Gasteiger partial charge < -0.3 is 84.2 Å². The summed E-state index contributed by atoms with van der Waals surface area (Å²) in [6, 6.07) is 50.5. The van der Waals surface area contributed by atoms with Gasteiger partial charge in [0.05, 0.1) is 113 Å². The van der Waals surface area contributed by atoms with E-state index < -0.39 is 34.7 Å². The Hall–Kier alpha value is -14.2. The second-order valence-corrected chi connectivity index (χ2v) is 43.2. The number of carbonyl (C=O) groups is 10. The lowest BCUT2D eigenvalue weighted by atomic mass is 9.80. The normalized spacial score (nSPS) is 14.9. The number of para-hydroxylation sites is 1. The SMILES string of the molecule is COC(=O)CCC(=O)Cl.COC(=O)CCC(=O)c1ccc2[nH]c3c4c(c5c(c3c2c1)CNC5=O)-c1ccc(OC)cc1CC4.COC(=O)CCC(O)c1ccc2[nH]c3c4c(c5c(c3c2c1)CNC5=O)-c1ccc(OC)cc1CC4.COc1ccc2c(c1)CCc1c-2c2c(c3c1[nH]c1ccc(C4CCC(=O)O4)cc13)CNC2=O.COc1ccc2c(c1)CCc1c-2c2c(c3c1[nH]c1ccccc13)CNC2=O.[Cl][Al]([Cl])[Cl]. The number of Topliss-reactive ketones (excluding diaryl/α,β-unsaturated/α-hetero) is 1. The van der Waals surface area contributed by atoms with E-state index in [-0.39, 0.29) is 86.0 Å². The second kappa shape index (κ2) is 39.9. The maximum atomic E-state index is 13.1. The van der Waals surface area contributed by atoms with E-state index in [0.717, 1.165) is 257 Å². The predicted octanol–water partition coefficient (Wildman–Crippen LogP) is 20.2. The number of ketones is 1. The van der Waals surface area contributed by atoms with E-state index >= 15 is 0 Å². The van der Waals surface area contributed by atoms with E-state index in [1.54, 1.807) is 34.5 Å². The largest absolute Gasteiger partial charge is 0.643 e. The number of aromatic amines is 4. The highest BCUT2D eigenvalue weighted by atomic mass is 35.8. The van der Waals surface area contributed by atoms with Gasteiger partial charge in [0.1, 0.15) is 29.1 Å². The van der Waals surface area contributed by atoms with Gasteiger partial charge in [-0.2, -0.15) is 0 Å². The Labute approximate surface area is 840 Å². The molecule has 1 saturated heterocycles. The molecule has 12 aromatic carbocycles. The Kier molecular flexibility index (Phi) is 26.9. The van der Waals surface area contributed by atoms with E-state index in [9.17, 15) is 53.1 Å². The third-order valence-corrected chi connectivity index (χ3v) is 29.0. The summed E-state index contributed by atoms with van der Waals surface area (Å²) in [4.78, 5) is 134. The number of ether oxygens (including phenoxy) is 8. The summed E-state index contributed by atoms with van der Waals surface area (Å²) in [5, 5.41) is 30.9. The number of aromatic nitrogens is 4. The number of hydrogen-bond acceptors (Lipinski definition) is 19. The number of aliphatic hydroxyl groups is 1. The minimum atomic E-state index is -1.72. The van der Waals surface area contributed by atoms with Crippen molar-refractivity contribution in [2.24, 2.45) is 0 Å². The third kappa shape index (κ3) is 17.7. The van der Waals surface area contributed by atoms with Gasteiger partial charge in [0.2, 0.25) is 5.24 Å². The van der Waals surface area contributed by atoms with Crippen molar-refractivity contribution >= 4 is 199 Å². The molecular formula is C111H97AlCl4N8O19. The molecule has 0 saturated carbocycles. The number of benzene rings is 12. The molecule has 16 aromatic rings. The van der Waals surface area contributed by atoms with Crippen LogP contribution < -0.4 is 40.2 Å². The number of esters is 4. The van der Waals surface area contributed by atoms with E-state index in [1.165, 1.54) is 71.0 Å². The zero-order valence-electron chi connectivity index (χ0n) is 79.1. The predicted molar refractivity (Wildman–Crippen MR) is 551 cm³/mol. The van der Waals surface area contributed by atoms with Crippen molar-refractivity contribution in [1.29, 1.82) is 0 Å². The number of hydrogen-bond donors (Lipinski definition) is 9. The number of rotatable bonds is 16. The number of methoxy groups -OCH3 is 7. The molecule has 0 spiro atoms. The van der Waals surface area contributed by atoms with Crippen molar-refractivity contribution in [3.63, 3.8) is 0 Å². The number of carbonyl (C=O) groups excluding carboxylic acids is 10. The fourth-order valence-corrected chi connectivity index (χ4v) is 22.4. The van der Waals surface area contributed by atoms with E-state index in [2.05, 4.69) is 130 Å². The molecule has 726 valence electrons. The molecular weight excluding hydrogens is 1920 g/mol. The highest BCUT2D eigenvalue weighted by molar-refractivity contribution is 7.54. The summed E-state index contributed by atoms with van der Waals surface area (Å²) in [7, 11) is 25.5. The quantitative estimate of drug-likeness (QED) is 0.0143. The number of cyclic esters (lactones) is 1. The molecule has 5 aliphatic heterocycles. The first-order valence-corrected chi connectivity index (χ1v) is 52.9. The van der Waals surface area contributed by atoms with Crippen LogP contribution in [0.15, 0.2) is 152 Å². The van der Waals surface area contributed by atoms with Gasteiger partial charge in [-0.15, -0.1) is 0 Å². The van der Waals surface area contributed by atoms with Crippen molar-refractivity contribution in [3.8, 4) is 67.5 Å². The summed E-state index contributed by atoms with van der Waals surface area (Å²) in [6.45, 7) is 2.01. The van der Waals surface area contributed by atoms with Crippen molar-refractivity contribution in [2.75, 3.05) is 49.8 Å². The fourth-order valence-electron chi connectivity index (χ4n) is 22.3. The molecule has 2 unspecified atom stereocenters. The molecule has 32 heteroatoms. The average Bonchev–Trinajstić information content (AvgIpc) is 1.59. The number of H-pyrrole nitrogens is 4. The standard InChI is InChI=1S/C28H26N2O5.C28H24N2O5.C27H22N2O4.C23H18N2O2.C5H7ClO3.Al.3ClH/c2*1-34-16-5-7-17-14(11-16)3-6-18-24(17)26-20(13-29-28(26)33)25-19-12-15(4-8-21(19)30-27(18)25)22(31)9-10-23(32)35-2;1-32-15-4-6-16-13(10-15)2-5-17-23(16)25-19(12-28-27(25)31)24-18-11-14(21-8-9-22(30)33-21)3-7-20(18)29-26(17)24;1-27-13-7-9-14-12(10-13)6-8-16-19(14)21-17(11-24-23(21)26)20-15-4-2-3-5-18(15)25-22(16)20;1-9-5(8)3-2-4(6)7;;;;/h4-5,7-8,11-12,22,30-31H,3,6,9-10,13H2,1-2H3,(H,29,33);4-5,7-8,11-12,30H,3,6,9-10,13H2,1-2H3,(H,29,33);3-4,6-7,10-11,21,29H,2,5,8-9,12H2,1H3,(H,28,31);2-5,7,9-10,25H,6,8,11H2,1H3,(H,24,26);2-3H2,1H3;;3*1H/q;;;;;+3;;;/p-3. The van der Waals surface area contributed by atoms with Crippen LogP contribution in [0.1, 0.15) is 193 Å². The molecule has 9 aliphatic rings. The lowest BCUT2D eigenvalue weighted by Gasteiger charge is -2.23. The molecule has 1 fully saturated rings. The Morgan fingerprint density at radius 3 is 1.10 bits per heavy atom. The number of amides is 4. The molecule has 27 nitrogen and oxygen atoms in total. The van der Waals surface area contributed by atoms with Crippen LogP contribution in [0.5, 0.6) is 23.0 Å². The molecule has 0 radical (unpaired) electrons. The van der Waals surface area contributed by atoms with Crippen LogP contribution in [0.25, 0.3) is 132 Å². The lowest BCUT2D eigenvalue weighted by molar-refractivity contribution is -0.142. The molecule has 9 heterocycles. The first kappa shape index (κ1) is 96.3. The van der Waals surface area contributed by atoms with Crippen LogP contribution in [0, 0.1) is 0 Å². The van der Waals surface area contributed by atoms with Crippen molar-refractivity contribution in [1.82, 2.24) is 41.2 Å². The summed E-state index contributed by atoms with van der Waals surface area (Å²) >= 11 is 3.21. The van der Waals surface area contributed by atoms with Crippen LogP contribution in [0.2, 0.25) is 0 Å². The Balaban J connectivity index is 0.000000112. The first-order valence-electron chi connectivity index (χ1n) is 47.3. The summed E-state index contributed by atoms with van der Waals surface area (Å²) in [6.07, 6.45) is 7.82. The Morgan fingerprint density at radius 1 is 0.378 bits per heavy atom. The van der Waals surface area contributed by atoms with Gasteiger partial charge >= 0.3 is 35.3 Å². The summed E-state index contributed by atoms with van der Waals surface area (Å²) in [5.41, 5.74) is 36.1. The highest BCUT2D eigenvalue weighted by Crippen LogP contribution is 2.53. The van der Waals surface area contributed by atoms with Gasteiger partial charge in [0, 0.05) is 145 Å². The van der Waals surface area contributed by atoms with E-state index in [0.29, 0.717) is 44.6 Å². The monoisotopic (exact) mass is 2010 g/mol. The second-order valence-electron chi connectivity index (χ2n) is 36.4. The van der Waals surface area contributed by atoms with Crippen LogP contribution in [-0.4, -0.2) is 145 Å². The smallest absolute Gasteiger partial charge is 0.497 e. The maximum absolute atomic E-state index is 13.1. The van der Waals surface area contributed by atoms with Gasteiger partial charge in [-0.05, 0) is 273 Å². The molecule has 143 heavy (non-hydrogen) atoms. The van der Waals surface area contributed by atoms with E-state index in [1.807, 2.05) is 66.7 Å². The third-order valence-electron chi connectivity index (χ3n) is 28.8. The number of aryl methyl sites for hydroxylation is 8. The van der Waals surface area contributed by atoms with E-state index in [4.69, 9.17) is 70.2 Å². The minimum absolute atomic E-state index is 0.0120. The van der Waals surface area contributed by atoms with Gasteiger partial charge in [0.15, 0.2) is 5.78 Å². The Bertz CT molecular complexity index is 8130. The molecule has 9 N–H and O–H groups in total. The lowest BCUT2D eigenvalue weighted by Crippen LogP contribution is -2.15. The Morgan fingerprint density at radius 2 is 0.727 bits per heavy atom. The topological polar surface area (TPSA) is 376 Å². The van der Waals surface area contributed by atoms with Crippen molar-refractivity contribution in [2.45, 2.75) is 141 Å². The molecule has 25 rings (SSSR count). The first-order chi connectivity index (χ1) is 69.3. The van der Waals surface area contributed by atoms with Gasteiger partial charge in [-0.1, -0.05) is 54.6 Å². The van der Waals surface area contributed by atoms with Crippen LogP contribution in [0.4, 0.5) is 0 Å². The van der Waals surface area contributed by atoms with Gasteiger partial charge in [-0.3, -0.25) is 47.9 Å². The molecule has 0 bridgehead atoms. The van der Waals surface area contributed by atoms with Crippen molar-refractivity contribution < 1.29 is 90.9 Å². The molecule has 2 atom stereocenters. The molecule has 4 aliphatic carbocycles. The highest BCUT2D eigenvalue weighted by Gasteiger charge is 2.40. The molecule has 4 aromatic heterocycles. The zero-order valence-corrected chi connectivity index (χ0v) is 83.3. The summed E-state index contributed by atoms with van der Waals surface area (Å²) < 4.78 is 40.8. The van der Waals surface area contributed by atoms with Crippen LogP contribution in [0.3, 0.4) is 0 Å². The molecule has 4 amide bonds. The number of halogens is 4. The van der Waals surface area contributed by atoms with Crippen molar-refractivity contribution in [3.05, 3.63) is 257 Å². The van der Waals surface area contributed by atoms with Gasteiger partial charge in [-0.25, -0.2) is 30.1 Å². The number of fused-ring (bicyclic) bond motifs is 40. The number of aliphatic hydroxyl groups excluding tert-OH is 1. The fraction of sp³-hybridized carbons (Fsp3) is 0.261. The minimum Gasteiger partial charge on any atom is -0.497 e. The zero-order chi connectivity index (χ0) is 99.8.